The molecule has 10 nitrogen and oxygen atoms in total. The Balaban J connectivity index is 0.921. The average molecular weight is 661 g/mol. The normalized spacial score (nSPS) is 21.1. The Labute approximate surface area is 289 Å². The van der Waals surface area contributed by atoms with Crippen molar-refractivity contribution >= 4 is 17.5 Å². The zero-order chi connectivity index (χ0) is 33.5. The highest BCUT2D eigenvalue weighted by atomic mass is 16.5. The highest BCUT2D eigenvalue weighted by Gasteiger charge is 2.32. The van der Waals surface area contributed by atoms with Crippen LogP contribution in [0.25, 0.3) is 22.5 Å². The summed E-state index contributed by atoms with van der Waals surface area (Å²) in [6.07, 6.45) is 10.8. The fraction of sp³-hybridized carbons (Fsp3) is 0.487. The molecule has 2 N–H and O–H groups in total. The molecule has 0 bridgehead atoms. The number of amides is 1. The number of carbonyl (C=O) groups excluding carboxylic acids is 1. The van der Waals surface area contributed by atoms with E-state index in [1.807, 2.05) is 30.1 Å². The Hall–Kier alpha value is -4.28. The molecule has 3 aliphatic carbocycles. The van der Waals surface area contributed by atoms with Gasteiger partial charge in [0.05, 0.1) is 29.9 Å². The first-order valence-corrected chi connectivity index (χ1v) is 18.1. The fourth-order valence-corrected chi connectivity index (χ4v) is 8.16. The van der Waals surface area contributed by atoms with Crippen molar-refractivity contribution in [2.75, 3.05) is 45.2 Å². The third-order valence-corrected chi connectivity index (χ3v) is 11.1. The van der Waals surface area contributed by atoms with Gasteiger partial charge in [0.25, 0.3) is 5.91 Å². The summed E-state index contributed by atoms with van der Waals surface area (Å²) in [6, 6.07) is 14.8. The van der Waals surface area contributed by atoms with E-state index in [9.17, 15) is 4.79 Å². The number of aromatic nitrogens is 4. The van der Waals surface area contributed by atoms with Gasteiger partial charge in [-0.25, -0.2) is 9.97 Å². The first kappa shape index (κ1) is 32.0. The van der Waals surface area contributed by atoms with Crippen molar-refractivity contribution in [3.8, 4) is 28.3 Å². The number of carbonyl (C=O) groups is 1. The molecular formula is C39H48N8O2. The number of aryl methyl sites for hydroxylation is 4. The highest BCUT2D eigenvalue weighted by Crippen LogP contribution is 2.41. The number of anilines is 2. The van der Waals surface area contributed by atoms with Gasteiger partial charge in [0.15, 0.2) is 0 Å². The summed E-state index contributed by atoms with van der Waals surface area (Å²) in [7, 11) is 3.63. The van der Waals surface area contributed by atoms with E-state index in [0.29, 0.717) is 29.0 Å². The standard InChI is InChI=1S/C39H48N8O2/c1-25-6-4-5-7-31(25)37-35-33(44-45(37)2)17-11-28-23-40-39(43-36(28)35)42-32-16-10-27(22-34(32)49-3)38(48)41-29-12-14-30(15-13-29)47-20-18-46(19-21-47)24-26-8-9-26/h4-7,10,16,22-23,26,29-30H,8-9,11-15,17-21,24H2,1-3H3,(H,41,48)(H,40,42,43)/t29-,30-. The molecule has 0 unspecified atom stereocenters. The van der Waals surface area contributed by atoms with E-state index in [4.69, 9.17) is 14.8 Å². The average Bonchev–Trinajstić information content (AvgIpc) is 3.88. The Morgan fingerprint density at radius 1 is 0.980 bits per heavy atom. The fourth-order valence-electron chi connectivity index (χ4n) is 8.16. The highest BCUT2D eigenvalue weighted by molar-refractivity contribution is 5.95. The van der Waals surface area contributed by atoms with E-state index < -0.39 is 0 Å². The maximum atomic E-state index is 13.4. The van der Waals surface area contributed by atoms with Crippen molar-refractivity contribution in [3.63, 3.8) is 0 Å². The van der Waals surface area contributed by atoms with E-state index in [0.717, 1.165) is 78.2 Å². The largest absolute Gasteiger partial charge is 0.495 e. The number of rotatable bonds is 9. The number of benzene rings is 2. The summed E-state index contributed by atoms with van der Waals surface area (Å²) in [5.41, 5.74) is 8.86. The van der Waals surface area contributed by atoms with Gasteiger partial charge in [-0.05, 0) is 93.5 Å². The lowest BCUT2D eigenvalue weighted by molar-refractivity contribution is 0.0694. The predicted molar refractivity (Wildman–Crippen MR) is 192 cm³/mol. The molecule has 3 fully saturated rings. The minimum absolute atomic E-state index is 0.0557. The summed E-state index contributed by atoms with van der Waals surface area (Å²) in [6.45, 7) is 8.22. The van der Waals surface area contributed by atoms with Gasteiger partial charge in [-0.1, -0.05) is 24.3 Å². The lowest BCUT2D eigenvalue weighted by atomic mass is 9.89. The number of nitrogens with zero attached hydrogens (tertiary/aromatic N) is 6. The van der Waals surface area contributed by atoms with E-state index in [2.05, 4.69) is 56.6 Å². The maximum Gasteiger partial charge on any atom is 0.251 e. The van der Waals surface area contributed by atoms with Crippen LogP contribution in [0.4, 0.5) is 11.6 Å². The first-order valence-electron chi connectivity index (χ1n) is 18.1. The van der Waals surface area contributed by atoms with Gasteiger partial charge < -0.3 is 20.3 Å². The van der Waals surface area contributed by atoms with Crippen LogP contribution >= 0.6 is 0 Å². The van der Waals surface area contributed by atoms with Crippen molar-refractivity contribution in [2.45, 2.75) is 70.4 Å². The molecule has 8 rings (SSSR count). The molecular weight excluding hydrogens is 612 g/mol. The third kappa shape index (κ3) is 6.68. The molecule has 3 heterocycles. The molecule has 0 spiro atoms. The van der Waals surface area contributed by atoms with Gasteiger partial charge >= 0.3 is 0 Å². The monoisotopic (exact) mass is 660 g/mol. The van der Waals surface area contributed by atoms with Crippen LogP contribution in [-0.4, -0.2) is 87.4 Å². The second-order valence-electron chi connectivity index (χ2n) is 14.5. The van der Waals surface area contributed by atoms with Crippen molar-refractivity contribution < 1.29 is 9.53 Å². The van der Waals surface area contributed by atoms with Crippen LogP contribution in [0, 0.1) is 12.8 Å². The van der Waals surface area contributed by atoms with E-state index in [1.54, 1.807) is 13.2 Å². The molecule has 1 aliphatic heterocycles. The van der Waals surface area contributed by atoms with Gasteiger partial charge in [-0.3, -0.25) is 14.4 Å². The minimum Gasteiger partial charge on any atom is -0.495 e. The van der Waals surface area contributed by atoms with Crippen LogP contribution < -0.4 is 15.4 Å². The second-order valence-corrected chi connectivity index (χ2v) is 14.5. The summed E-state index contributed by atoms with van der Waals surface area (Å²) in [4.78, 5) is 28.4. The molecule has 2 aromatic carbocycles. The van der Waals surface area contributed by atoms with Crippen molar-refractivity contribution in [1.82, 2.24) is 34.9 Å². The number of piperazine rings is 1. The van der Waals surface area contributed by atoms with Crippen molar-refractivity contribution in [2.24, 2.45) is 13.0 Å². The van der Waals surface area contributed by atoms with Gasteiger partial charge in [-0.2, -0.15) is 5.10 Å². The number of ether oxygens (including phenoxy) is 1. The molecule has 49 heavy (non-hydrogen) atoms. The second kappa shape index (κ2) is 13.6. The molecule has 0 radical (unpaired) electrons. The lowest BCUT2D eigenvalue weighted by Gasteiger charge is -2.42. The van der Waals surface area contributed by atoms with Crippen molar-refractivity contribution in [3.05, 3.63) is 71.0 Å². The maximum absolute atomic E-state index is 13.4. The van der Waals surface area contributed by atoms with Crippen molar-refractivity contribution in [1.29, 1.82) is 0 Å². The quantitative estimate of drug-likeness (QED) is 0.234. The molecule has 1 amide bonds. The van der Waals surface area contributed by atoms with Gasteiger partial charge in [0.1, 0.15) is 5.75 Å². The van der Waals surface area contributed by atoms with Crippen LogP contribution in [-0.2, 0) is 19.9 Å². The number of hydrogen-bond acceptors (Lipinski definition) is 8. The number of nitrogens with one attached hydrogen (secondary N) is 2. The zero-order valence-corrected chi connectivity index (χ0v) is 29.0. The topological polar surface area (TPSA) is 100 Å². The molecule has 2 aromatic heterocycles. The molecule has 256 valence electrons. The van der Waals surface area contributed by atoms with E-state index in [1.165, 1.54) is 51.1 Å². The summed E-state index contributed by atoms with van der Waals surface area (Å²) < 4.78 is 7.73. The summed E-state index contributed by atoms with van der Waals surface area (Å²) >= 11 is 0. The Bertz CT molecular complexity index is 1830. The molecule has 4 aliphatic rings. The van der Waals surface area contributed by atoms with Crippen LogP contribution in [0.5, 0.6) is 5.75 Å². The summed E-state index contributed by atoms with van der Waals surface area (Å²) in [5.74, 6) is 1.96. The van der Waals surface area contributed by atoms with Gasteiger partial charge in [-0.15, -0.1) is 0 Å². The molecule has 2 saturated carbocycles. The molecule has 0 atom stereocenters. The Kier molecular flexibility index (Phi) is 8.84. The van der Waals surface area contributed by atoms with Gasteiger partial charge in [0, 0.05) is 74.7 Å². The molecule has 10 heteroatoms. The molecule has 1 saturated heterocycles. The zero-order valence-electron chi connectivity index (χ0n) is 29.0. The number of hydrogen-bond donors (Lipinski definition) is 2. The van der Waals surface area contributed by atoms with E-state index in [-0.39, 0.29) is 11.9 Å². The molecule has 4 aromatic rings. The number of methoxy groups -OCH3 is 1. The van der Waals surface area contributed by atoms with Crippen LogP contribution in [0.3, 0.4) is 0 Å². The lowest BCUT2D eigenvalue weighted by Crippen LogP contribution is -2.52. The Morgan fingerprint density at radius 3 is 2.53 bits per heavy atom. The SMILES string of the molecule is COc1cc(C(=O)N[C@H]2CC[C@H](N3CCN(CC4CC4)CC3)CC2)ccc1Nc1ncc2c(n1)-c1c(nn(C)c1-c1ccccc1C)CC2. The van der Waals surface area contributed by atoms with Crippen LogP contribution in [0.2, 0.25) is 0 Å². The van der Waals surface area contributed by atoms with Crippen LogP contribution in [0.15, 0.2) is 48.7 Å². The number of fused-ring (bicyclic) bond motifs is 3. The minimum atomic E-state index is -0.0557. The van der Waals surface area contributed by atoms with E-state index >= 15 is 0 Å². The van der Waals surface area contributed by atoms with Gasteiger partial charge in [0.2, 0.25) is 5.95 Å². The smallest absolute Gasteiger partial charge is 0.251 e. The Morgan fingerprint density at radius 2 is 1.78 bits per heavy atom. The summed E-state index contributed by atoms with van der Waals surface area (Å²) in [5, 5.41) is 11.6. The van der Waals surface area contributed by atoms with Crippen LogP contribution in [0.1, 0.15) is 65.7 Å². The predicted octanol–water partition coefficient (Wildman–Crippen LogP) is 5.77. The third-order valence-electron chi connectivity index (χ3n) is 11.1. The first-order chi connectivity index (χ1) is 23.9.